The molecule has 0 spiro atoms. The minimum Gasteiger partial charge on any atom is -0.480 e. The molecule has 24 heavy (non-hydrogen) atoms. The van der Waals surface area contributed by atoms with Crippen LogP contribution in [0.3, 0.4) is 0 Å². The molecule has 0 aromatic heterocycles. The van der Waals surface area contributed by atoms with Crippen molar-refractivity contribution in [3.63, 3.8) is 0 Å². The Morgan fingerprint density at radius 1 is 1.33 bits per heavy atom. The predicted octanol–water partition coefficient (Wildman–Crippen LogP) is 2.97. The summed E-state index contributed by atoms with van der Waals surface area (Å²) in [7, 11) is 0. The monoisotopic (exact) mass is 372 g/mol. The molecule has 1 aromatic carbocycles. The van der Waals surface area contributed by atoms with Crippen molar-refractivity contribution in [2.75, 3.05) is 13.2 Å². The molecular weight excluding hydrogens is 355 g/mol. The molecule has 0 saturated carbocycles. The van der Waals surface area contributed by atoms with Crippen LogP contribution in [0.5, 0.6) is 5.75 Å². The Labute approximate surface area is 150 Å². The Hall–Kier alpha value is -1.97. The zero-order chi connectivity index (χ0) is 18.3. The van der Waals surface area contributed by atoms with Crippen molar-refractivity contribution in [2.45, 2.75) is 26.3 Å². The maximum atomic E-state index is 11.8. The van der Waals surface area contributed by atoms with Gasteiger partial charge in [0, 0.05) is 5.02 Å². The van der Waals surface area contributed by atoms with Crippen LogP contribution in [-0.4, -0.2) is 30.6 Å². The number of nitrogens with zero attached hydrogens (tertiary/aromatic N) is 1. The molecule has 6 nitrogen and oxygen atoms in total. The van der Waals surface area contributed by atoms with Crippen molar-refractivity contribution in [3.05, 3.63) is 28.2 Å². The van der Waals surface area contributed by atoms with E-state index < -0.39 is 30.6 Å². The second-order valence-electron chi connectivity index (χ2n) is 5.54. The van der Waals surface area contributed by atoms with Gasteiger partial charge in [-0.2, -0.15) is 5.26 Å². The molecule has 1 amide bonds. The van der Waals surface area contributed by atoms with Crippen LogP contribution in [0, 0.1) is 17.2 Å². The van der Waals surface area contributed by atoms with Crippen molar-refractivity contribution >= 4 is 35.1 Å². The number of ether oxygens (including phenoxy) is 2. The summed E-state index contributed by atoms with van der Waals surface area (Å²) in [5, 5.41) is 12.4. The lowest BCUT2D eigenvalue weighted by Gasteiger charge is -2.27. The van der Waals surface area contributed by atoms with Gasteiger partial charge >= 0.3 is 5.97 Å². The van der Waals surface area contributed by atoms with E-state index in [-0.39, 0.29) is 16.7 Å². The van der Waals surface area contributed by atoms with Crippen molar-refractivity contribution < 1.29 is 19.1 Å². The maximum absolute atomic E-state index is 11.8. The van der Waals surface area contributed by atoms with E-state index in [1.54, 1.807) is 26.8 Å². The second-order valence-corrected chi connectivity index (χ2v) is 6.38. The minimum absolute atomic E-state index is 0.0995. The molecule has 1 rings (SSSR count). The number of nitriles is 1. The summed E-state index contributed by atoms with van der Waals surface area (Å²) in [6.45, 7) is 4.30. The van der Waals surface area contributed by atoms with E-state index in [9.17, 15) is 9.59 Å². The summed E-state index contributed by atoms with van der Waals surface area (Å²) in [6.07, 6.45) is 0. The molecule has 1 N–H and O–H groups in total. The van der Waals surface area contributed by atoms with Gasteiger partial charge in [0.05, 0.1) is 11.1 Å². The van der Waals surface area contributed by atoms with Gasteiger partial charge in [-0.1, -0.05) is 37.0 Å². The van der Waals surface area contributed by atoms with Crippen LogP contribution in [0.4, 0.5) is 0 Å². The van der Waals surface area contributed by atoms with Gasteiger partial charge in [-0.05, 0) is 31.0 Å². The molecule has 1 aromatic rings. The topological polar surface area (TPSA) is 88.4 Å². The van der Waals surface area contributed by atoms with Gasteiger partial charge in [-0.25, -0.2) is 4.79 Å². The van der Waals surface area contributed by atoms with Crippen LogP contribution in [0.2, 0.25) is 10.0 Å². The molecule has 0 aliphatic rings. The zero-order valence-electron chi connectivity index (χ0n) is 13.6. The van der Waals surface area contributed by atoms with E-state index in [2.05, 4.69) is 5.32 Å². The summed E-state index contributed by atoms with van der Waals surface area (Å²) in [6, 6.07) is 6.59. The highest BCUT2D eigenvalue weighted by molar-refractivity contribution is 6.35. The molecule has 8 heteroatoms. The average Bonchev–Trinajstić information content (AvgIpc) is 2.51. The number of amides is 1. The fourth-order valence-electron chi connectivity index (χ4n) is 1.54. The van der Waals surface area contributed by atoms with Crippen LogP contribution in [-0.2, 0) is 14.3 Å². The molecule has 1 atom stereocenters. The lowest BCUT2D eigenvalue weighted by Crippen LogP contribution is -2.50. The SMILES string of the molecule is CC(C)[C@@](C)(C#N)NC(=O)COC(=O)COc1ccc(Cl)cc1Cl. The number of carbonyl (C=O) groups excluding carboxylic acids is 2. The molecular formula is C16H18Cl2N2O4. The van der Waals surface area contributed by atoms with Crippen molar-refractivity contribution in [1.29, 1.82) is 5.26 Å². The molecule has 0 heterocycles. The summed E-state index contributed by atoms with van der Waals surface area (Å²) >= 11 is 11.7. The number of hydrogen-bond donors (Lipinski definition) is 1. The van der Waals surface area contributed by atoms with E-state index >= 15 is 0 Å². The van der Waals surface area contributed by atoms with Crippen LogP contribution in [0.15, 0.2) is 18.2 Å². The van der Waals surface area contributed by atoms with Gasteiger partial charge in [-0.15, -0.1) is 0 Å². The van der Waals surface area contributed by atoms with Gasteiger partial charge in [0.2, 0.25) is 0 Å². The second kappa shape index (κ2) is 8.76. The van der Waals surface area contributed by atoms with E-state index in [0.29, 0.717) is 5.02 Å². The van der Waals surface area contributed by atoms with E-state index in [4.69, 9.17) is 37.9 Å². The van der Waals surface area contributed by atoms with Crippen LogP contribution < -0.4 is 10.1 Å². The van der Waals surface area contributed by atoms with Crippen molar-refractivity contribution in [2.24, 2.45) is 5.92 Å². The highest BCUT2D eigenvalue weighted by atomic mass is 35.5. The van der Waals surface area contributed by atoms with Gasteiger partial charge in [-0.3, -0.25) is 4.79 Å². The number of benzene rings is 1. The molecule has 130 valence electrons. The molecule has 0 aliphatic carbocycles. The molecule has 0 radical (unpaired) electrons. The Kier molecular flexibility index (Phi) is 7.33. The fraction of sp³-hybridized carbons (Fsp3) is 0.438. The number of carbonyl (C=O) groups is 2. The largest absolute Gasteiger partial charge is 0.480 e. The fourth-order valence-corrected chi connectivity index (χ4v) is 2.01. The zero-order valence-corrected chi connectivity index (χ0v) is 15.1. The lowest BCUT2D eigenvalue weighted by molar-refractivity contribution is -0.150. The predicted molar refractivity (Wildman–Crippen MR) is 89.9 cm³/mol. The molecule has 0 bridgehead atoms. The molecule has 0 saturated heterocycles. The first-order valence-electron chi connectivity index (χ1n) is 7.13. The van der Waals surface area contributed by atoms with Gasteiger partial charge < -0.3 is 14.8 Å². The Morgan fingerprint density at radius 2 is 2.00 bits per heavy atom. The highest BCUT2D eigenvalue weighted by Gasteiger charge is 2.30. The first-order chi connectivity index (χ1) is 11.2. The molecule has 0 aliphatic heterocycles. The quantitative estimate of drug-likeness (QED) is 0.743. The Balaban J connectivity index is 2.44. The van der Waals surface area contributed by atoms with Gasteiger partial charge in [0.15, 0.2) is 13.2 Å². The Bertz CT molecular complexity index is 658. The minimum atomic E-state index is -1.03. The average molecular weight is 373 g/mol. The smallest absolute Gasteiger partial charge is 0.344 e. The van der Waals surface area contributed by atoms with Crippen LogP contribution in [0.25, 0.3) is 0 Å². The summed E-state index contributed by atoms with van der Waals surface area (Å²) in [5.74, 6) is -1.12. The summed E-state index contributed by atoms with van der Waals surface area (Å²) < 4.78 is 10.0. The van der Waals surface area contributed by atoms with E-state index in [1.165, 1.54) is 12.1 Å². The standard InChI is InChI=1S/C16H18Cl2N2O4/c1-10(2)16(3,9-19)20-14(21)7-24-15(22)8-23-13-5-4-11(17)6-12(13)18/h4-6,10H,7-8H2,1-3H3,(H,20,21)/t16-/m1/s1. The van der Waals surface area contributed by atoms with Gasteiger partial charge in [0.1, 0.15) is 11.3 Å². The van der Waals surface area contributed by atoms with E-state index in [0.717, 1.165) is 0 Å². The number of hydrogen-bond acceptors (Lipinski definition) is 5. The van der Waals surface area contributed by atoms with Gasteiger partial charge in [0.25, 0.3) is 5.91 Å². The first-order valence-corrected chi connectivity index (χ1v) is 7.89. The molecule has 0 fully saturated rings. The number of nitrogens with one attached hydrogen (secondary N) is 1. The highest BCUT2D eigenvalue weighted by Crippen LogP contribution is 2.27. The van der Waals surface area contributed by atoms with Crippen LogP contribution >= 0.6 is 23.2 Å². The number of rotatable bonds is 7. The summed E-state index contributed by atoms with van der Waals surface area (Å²) in [4.78, 5) is 23.4. The third-order valence-electron chi connectivity index (χ3n) is 3.39. The third kappa shape index (κ3) is 5.91. The lowest BCUT2D eigenvalue weighted by atomic mass is 9.90. The first kappa shape index (κ1) is 20.1. The maximum Gasteiger partial charge on any atom is 0.344 e. The van der Waals surface area contributed by atoms with Crippen LogP contribution in [0.1, 0.15) is 20.8 Å². The third-order valence-corrected chi connectivity index (χ3v) is 3.92. The number of halogens is 2. The summed E-state index contributed by atoms with van der Waals surface area (Å²) in [5.41, 5.74) is -1.03. The van der Waals surface area contributed by atoms with Crippen molar-refractivity contribution in [1.82, 2.24) is 5.32 Å². The number of esters is 1. The van der Waals surface area contributed by atoms with Crippen molar-refractivity contribution in [3.8, 4) is 11.8 Å². The van der Waals surface area contributed by atoms with E-state index in [1.807, 2.05) is 6.07 Å². The Morgan fingerprint density at radius 3 is 2.54 bits per heavy atom. The molecule has 0 unspecified atom stereocenters. The normalized spacial score (nSPS) is 12.9.